The fourth-order valence-electron chi connectivity index (χ4n) is 8.65. The Balaban J connectivity index is 0.00000295. The van der Waals surface area contributed by atoms with Crippen LogP contribution in [0.1, 0.15) is 0 Å². The molecule has 0 amide bonds. The van der Waals surface area contributed by atoms with Gasteiger partial charge in [0.15, 0.2) is 11.5 Å². The third-order valence-electron chi connectivity index (χ3n) is 12.6. The number of nitrogens with two attached hydrogens (primary N) is 2. The number of benzene rings is 10. The second-order valence-electron chi connectivity index (χ2n) is 18.2. The van der Waals surface area contributed by atoms with Crippen LogP contribution < -0.4 is 165 Å². The van der Waals surface area contributed by atoms with Crippen LogP contribution >= 0.6 is 0 Å². The predicted molar refractivity (Wildman–Crippen MR) is 301 cm³/mol. The zero-order valence-corrected chi connectivity index (χ0v) is 61.3. The molecule has 10 aromatic rings. The molecule has 0 atom stereocenters. The summed E-state index contributed by atoms with van der Waals surface area (Å²) < 4.78 is 184. The smallest absolute Gasteiger partial charge is 0.744 e. The zero-order chi connectivity index (χ0) is 61.1. The number of nitrogens with zero attached hydrogens (tertiary/aromatic N) is 8. The number of phenols is 2. The van der Waals surface area contributed by atoms with Crippen molar-refractivity contribution in [2.75, 3.05) is 16.8 Å². The van der Waals surface area contributed by atoms with E-state index in [1.54, 1.807) is 0 Å². The van der Waals surface area contributed by atoms with Gasteiger partial charge in [0.2, 0.25) is 0 Å². The Morgan fingerprint density at radius 1 is 0.333 bits per heavy atom. The summed E-state index contributed by atoms with van der Waals surface area (Å²) in [6, 6.07) is 30.3. The van der Waals surface area contributed by atoms with E-state index in [-0.39, 0.29) is 248 Å². The first kappa shape index (κ1) is 75.9. The summed E-state index contributed by atoms with van der Waals surface area (Å²) in [6.45, 7) is 0. The van der Waals surface area contributed by atoms with E-state index in [0.29, 0.717) is 0 Å². The predicted octanol–water partition coefficient (Wildman–Crippen LogP) is -4.18. The summed E-state index contributed by atoms with van der Waals surface area (Å²) in [5, 5.41) is 57.7. The van der Waals surface area contributed by atoms with Crippen molar-refractivity contribution < 1.29 is 223 Å². The van der Waals surface area contributed by atoms with Gasteiger partial charge in [-0.2, -0.15) is 10.2 Å². The number of rotatable bonds is 15. The van der Waals surface area contributed by atoms with Gasteiger partial charge in [-0.25, -0.2) is 42.1 Å². The molecular weight excluding hydrogens is 1330 g/mol. The van der Waals surface area contributed by atoms with Gasteiger partial charge in [-0.05, 0) is 150 Å². The number of nitrogen functional groups attached to an aromatic ring is 2. The minimum Gasteiger partial charge on any atom is -0.744 e. The quantitative estimate of drug-likeness (QED) is 0.0281. The zero-order valence-electron chi connectivity index (χ0n) is 47.2. The summed E-state index contributed by atoms with van der Waals surface area (Å²) in [4.78, 5) is -4.07. The van der Waals surface area contributed by atoms with Gasteiger partial charge in [-0.1, -0.05) is 12.1 Å². The van der Waals surface area contributed by atoms with Crippen LogP contribution in [0.5, 0.6) is 11.5 Å². The first-order valence-corrected chi connectivity index (χ1v) is 30.7. The van der Waals surface area contributed by atoms with Crippen LogP contribution in [-0.4, -0.2) is 75.1 Å². The van der Waals surface area contributed by atoms with Crippen LogP contribution in [0, 0.1) is 0 Å². The average Bonchev–Trinajstić information content (AvgIpc) is 0.949. The van der Waals surface area contributed by atoms with E-state index in [1.165, 1.54) is 103 Å². The van der Waals surface area contributed by atoms with Crippen LogP contribution in [0.2, 0.25) is 0 Å². The molecule has 0 aliphatic rings. The molecule has 0 fully saturated rings. The second-order valence-corrected chi connectivity index (χ2v) is 25.0. The monoisotopic (exact) mass is 1360 g/mol. The van der Waals surface area contributed by atoms with Crippen LogP contribution in [-0.2, 0) is 50.6 Å². The van der Waals surface area contributed by atoms with Crippen molar-refractivity contribution in [2.24, 2.45) is 40.9 Å². The summed E-state index contributed by atoms with van der Waals surface area (Å²) in [5.41, 5.74) is 10.1. The molecule has 432 valence electrons. The number of hydrogen-bond acceptors (Lipinski definition) is 28. The van der Waals surface area contributed by atoms with Crippen LogP contribution in [0.4, 0.5) is 68.2 Å². The normalized spacial score (nSPS) is 12.3. The first-order chi connectivity index (χ1) is 39.9. The number of aromatic hydroxyl groups is 2. The van der Waals surface area contributed by atoms with Crippen molar-refractivity contribution in [3.05, 3.63) is 152 Å². The molecule has 0 aliphatic heterocycles. The number of azo groups is 4. The number of fused-ring (bicyclic) bond motifs is 4. The Hall–Kier alpha value is -4.81. The minimum atomic E-state index is -5.28. The van der Waals surface area contributed by atoms with Gasteiger partial charge in [-0.15, -0.1) is 30.7 Å². The summed E-state index contributed by atoms with van der Waals surface area (Å²) >= 11 is 0. The fourth-order valence-corrected chi connectivity index (χ4v) is 11.6. The molecule has 0 aliphatic carbocycles. The van der Waals surface area contributed by atoms with Crippen molar-refractivity contribution in [2.45, 2.75) is 24.5 Å². The van der Waals surface area contributed by atoms with Crippen LogP contribution in [0.15, 0.2) is 217 Å². The molecule has 0 unspecified atom stereocenters. The van der Waals surface area contributed by atoms with Crippen molar-refractivity contribution in [1.82, 2.24) is 0 Å². The van der Waals surface area contributed by atoms with Gasteiger partial charge in [0.1, 0.15) is 62.0 Å². The molecule has 10 aromatic carbocycles. The molecule has 0 bridgehead atoms. The molecular formula is C52H32N11Na5O17S5. The third kappa shape index (κ3) is 16.9. The van der Waals surface area contributed by atoms with E-state index in [9.17, 15) is 75.1 Å². The van der Waals surface area contributed by atoms with Gasteiger partial charge in [0.25, 0.3) is 0 Å². The van der Waals surface area contributed by atoms with E-state index >= 15 is 0 Å². The summed E-state index contributed by atoms with van der Waals surface area (Å²) in [5.74, 6) is -1.44. The Morgan fingerprint density at radius 2 is 0.689 bits per heavy atom. The summed E-state index contributed by atoms with van der Waals surface area (Å²) in [7, 11) is -25.9. The van der Waals surface area contributed by atoms with E-state index in [2.05, 4.69) is 46.2 Å². The topological polar surface area (TPSA) is 489 Å². The van der Waals surface area contributed by atoms with Crippen molar-refractivity contribution in [1.29, 1.82) is 0 Å². The molecule has 0 saturated carbocycles. The van der Waals surface area contributed by atoms with E-state index in [0.717, 1.165) is 48.5 Å². The molecule has 0 saturated heterocycles. The molecule has 38 heteroatoms. The minimum absolute atomic E-state index is 0. The maximum absolute atomic E-state index is 12.7. The number of nitrogens with one attached hydrogen (secondary N) is 1. The van der Waals surface area contributed by atoms with E-state index in [4.69, 9.17) is 11.5 Å². The summed E-state index contributed by atoms with van der Waals surface area (Å²) in [6.07, 6.45) is 0. The number of anilines is 4. The Kier molecular flexibility index (Phi) is 25.0. The van der Waals surface area contributed by atoms with E-state index < -0.39 is 97.9 Å². The molecule has 28 nitrogen and oxygen atoms in total. The Labute approximate surface area is 621 Å². The van der Waals surface area contributed by atoms with Crippen LogP contribution in [0.3, 0.4) is 0 Å². The van der Waals surface area contributed by atoms with Gasteiger partial charge in [0, 0.05) is 49.4 Å². The van der Waals surface area contributed by atoms with E-state index in [1.807, 2.05) is 0 Å². The van der Waals surface area contributed by atoms with Gasteiger partial charge >= 0.3 is 148 Å². The first-order valence-electron chi connectivity index (χ1n) is 23.6. The van der Waals surface area contributed by atoms with Crippen molar-refractivity contribution in [3.63, 3.8) is 0 Å². The molecule has 7 N–H and O–H groups in total. The maximum atomic E-state index is 12.7. The third-order valence-corrected chi connectivity index (χ3v) is 16.8. The largest absolute Gasteiger partial charge is 1.00 e. The Morgan fingerprint density at radius 3 is 1.08 bits per heavy atom. The second kappa shape index (κ2) is 29.6. The molecule has 90 heavy (non-hydrogen) atoms. The molecule has 0 spiro atoms. The standard InChI is InChI=1S/C52H37N11O17S5.5Na/c53-28-1-10-35-26(19-28)21-47(84(75,76)77)49(51(35)64)62-60-41-15-17-43(39-24-33(81(66,67)68)8-12-37(39)41)58-56-31-5-3-30(4-6-31)55-45-14-7-32(23-46(45)83(72,73)74)57-59-44-18-16-42(38-13-9-34(25-40(38)44)82(69,70)71)61-63-50-48(85(78,79)80)22-27-20-29(54)2-11-36(27)52(50)65;;;;;/h1-25,55,64-65H,53-54H2,(H,66,67,68)(H,69,70,71)(H,72,73,74)(H,75,76,77)(H,78,79,80);;;;;/q;5*+1/p-5. The molecule has 0 aromatic heterocycles. The van der Waals surface area contributed by atoms with Gasteiger partial charge in [-0.3, -0.25) is 0 Å². The van der Waals surface area contributed by atoms with Gasteiger partial charge in [0.05, 0.1) is 64.3 Å². The van der Waals surface area contributed by atoms with Gasteiger partial charge < -0.3 is 49.8 Å². The maximum Gasteiger partial charge on any atom is 1.00 e. The average molecular weight is 1360 g/mol. The molecule has 0 heterocycles. The number of hydrogen-bond donors (Lipinski definition) is 5. The number of phenolic OH excluding ortho intramolecular Hbond substituents is 2. The fraction of sp³-hybridized carbons (Fsp3) is 0. The molecule has 10 rings (SSSR count). The van der Waals surface area contributed by atoms with Crippen molar-refractivity contribution >= 4 is 162 Å². The van der Waals surface area contributed by atoms with Crippen LogP contribution in [0.25, 0.3) is 43.1 Å². The van der Waals surface area contributed by atoms with Crippen molar-refractivity contribution in [3.8, 4) is 11.5 Å². The SMILES string of the molecule is Nc1ccc2c(O)c(N=Nc3ccc(N=Nc4ccc(Nc5ccc(N=Nc6ccc(N=Nc7c(S(=O)(=O)[O-])cc8cc(N)ccc8c7O)c7ccc(S(=O)(=O)[O-])cc67)cc5S(=O)(=O)[O-])cc4)c4cc(S(=O)(=O)[O-])ccc34)c(S(=O)(=O)[O-])cc2c1.[Na+].[Na+].[Na+].[Na+].[Na+]. The Bertz CT molecular complexity index is 5270. The molecule has 0 radical (unpaired) electrons.